The molecule has 0 saturated heterocycles. The normalized spacial score (nSPS) is 15.8. The topological polar surface area (TPSA) is 67.1 Å². The molecule has 0 bridgehead atoms. The minimum atomic E-state index is -0.356. The summed E-state index contributed by atoms with van der Waals surface area (Å²) in [6, 6.07) is 15.3. The Morgan fingerprint density at radius 1 is 1.27 bits per heavy atom. The number of methoxy groups -OCH3 is 1. The van der Waals surface area contributed by atoms with Crippen molar-refractivity contribution in [1.29, 1.82) is 0 Å². The van der Waals surface area contributed by atoms with Crippen molar-refractivity contribution in [2.75, 3.05) is 19.0 Å². The second kappa shape index (κ2) is 8.41. The first kappa shape index (κ1) is 19.7. The van der Waals surface area contributed by atoms with E-state index in [0.29, 0.717) is 17.9 Å². The van der Waals surface area contributed by atoms with E-state index in [0.717, 1.165) is 22.6 Å². The van der Waals surface area contributed by atoms with Crippen LogP contribution in [0.4, 0.5) is 10.1 Å². The van der Waals surface area contributed by atoms with E-state index in [1.165, 1.54) is 17.1 Å². The number of furan rings is 1. The summed E-state index contributed by atoms with van der Waals surface area (Å²) in [6.07, 6.45) is 2.11. The summed E-state index contributed by atoms with van der Waals surface area (Å²) in [6.45, 7) is 1.84. The van der Waals surface area contributed by atoms with Crippen LogP contribution in [0.25, 0.3) is 0 Å². The van der Waals surface area contributed by atoms with Crippen molar-refractivity contribution in [3.63, 3.8) is 0 Å². The number of carbonyl (C=O) groups is 1. The van der Waals surface area contributed by atoms with Crippen LogP contribution in [-0.4, -0.2) is 30.3 Å². The molecular formula is C23H22FN3O3. The number of aryl methyl sites for hydroxylation is 1. The van der Waals surface area contributed by atoms with Crippen LogP contribution >= 0.6 is 0 Å². The van der Waals surface area contributed by atoms with Crippen molar-refractivity contribution in [2.24, 2.45) is 5.10 Å². The van der Waals surface area contributed by atoms with Gasteiger partial charge in [-0.15, -0.1) is 0 Å². The van der Waals surface area contributed by atoms with Crippen LogP contribution < -0.4 is 10.1 Å². The number of amides is 1. The summed E-state index contributed by atoms with van der Waals surface area (Å²) in [5.41, 5.74) is 3.14. The molecule has 1 aliphatic rings. The van der Waals surface area contributed by atoms with Crippen molar-refractivity contribution in [2.45, 2.75) is 19.4 Å². The highest BCUT2D eigenvalue weighted by atomic mass is 19.1. The number of nitrogens with one attached hydrogen (secondary N) is 1. The zero-order chi connectivity index (χ0) is 21.1. The Morgan fingerprint density at radius 3 is 2.77 bits per heavy atom. The van der Waals surface area contributed by atoms with Crippen LogP contribution in [0.15, 0.2) is 70.4 Å². The summed E-state index contributed by atoms with van der Waals surface area (Å²) in [5.74, 6) is 0.827. The number of rotatable bonds is 6. The number of benzene rings is 2. The van der Waals surface area contributed by atoms with Gasteiger partial charge in [0.1, 0.15) is 23.4 Å². The summed E-state index contributed by atoms with van der Waals surface area (Å²) in [4.78, 5) is 13.0. The van der Waals surface area contributed by atoms with E-state index in [1.807, 2.05) is 37.3 Å². The molecule has 2 heterocycles. The molecule has 6 nitrogen and oxygen atoms in total. The first-order chi connectivity index (χ1) is 14.5. The molecule has 0 aliphatic carbocycles. The molecule has 1 amide bonds. The smallest absolute Gasteiger partial charge is 0.262 e. The van der Waals surface area contributed by atoms with Crippen molar-refractivity contribution >= 4 is 17.3 Å². The van der Waals surface area contributed by atoms with Crippen LogP contribution in [-0.2, 0) is 4.79 Å². The average Bonchev–Trinajstić information content (AvgIpc) is 3.44. The Morgan fingerprint density at radius 2 is 2.07 bits per heavy atom. The predicted molar refractivity (Wildman–Crippen MR) is 112 cm³/mol. The summed E-state index contributed by atoms with van der Waals surface area (Å²) in [5, 5.41) is 9.05. The lowest BCUT2D eigenvalue weighted by molar-refractivity contribution is -0.131. The van der Waals surface area contributed by atoms with Crippen LogP contribution in [0.3, 0.4) is 0 Å². The molecule has 1 N–H and O–H groups in total. The van der Waals surface area contributed by atoms with Gasteiger partial charge >= 0.3 is 0 Å². The second-order valence-electron chi connectivity index (χ2n) is 7.06. The Balaban J connectivity index is 1.56. The van der Waals surface area contributed by atoms with Crippen molar-refractivity contribution in [1.82, 2.24) is 5.01 Å². The third-order valence-electron chi connectivity index (χ3n) is 5.09. The lowest BCUT2D eigenvalue weighted by Gasteiger charge is -2.20. The van der Waals surface area contributed by atoms with Gasteiger partial charge in [0.05, 0.1) is 25.6 Å². The van der Waals surface area contributed by atoms with Gasteiger partial charge in [0.25, 0.3) is 5.91 Å². The van der Waals surface area contributed by atoms with Crippen molar-refractivity contribution in [3.05, 3.63) is 83.6 Å². The van der Waals surface area contributed by atoms with Crippen LogP contribution in [0.2, 0.25) is 0 Å². The molecule has 1 aliphatic heterocycles. The molecular weight excluding hydrogens is 385 g/mol. The molecule has 0 saturated carbocycles. The zero-order valence-electron chi connectivity index (χ0n) is 16.8. The zero-order valence-corrected chi connectivity index (χ0v) is 16.8. The lowest BCUT2D eigenvalue weighted by Crippen LogP contribution is -2.32. The van der Waals surface area contributed by atoms with Gasteiger partial charge in [0.15, 0.2) is 0 Å². The lowest BCUT2D eigenvalue weighted by atomic mass is 10.0. The minimum Gasteiger partial charge on any atom is -0.497 e. The molecule has 0 unspecified atom stereocenters. The molecule has 4 rings (SSSR count). The largest absolute Gasteiger partial charge is 0.497 e. The van der Waals surface area contributed by atoms with Gasteiger partial charge in [-0.25, -0.2) is 9.40 Å². The van der Waals surface area contributed by atoms with Crippen LogP contribution in [0.1, 0.15) is 29.3 Å². The average molecular weight is 407 g/mol. The number of hydrogen-bond acceptors (Lipinski definition) is 5. The Hall–Kier alpha value is -3.61. The van der Waals surface area contributed by atoms with Gasteiger partial charge in [-0.1, -0.05) is 6.07 Å². The van der Waals surface area contributed by atoms with Crippen molar-refractivity contribution in [3.8, 4) is 5.75 Å². The van der Waals surface area contributed by atoms with E-state index in [4.69, 9.17) is 9.15 Å². The summed E-state index contributed by atoms with van der Waals surface area (Å²) < 4.78 is 24.3. The van der Waals surface area contributed by atoms with E-state index in [-0.39, 0.29) is 24.3 Å². The van der Waals surface area contributed by atoms with Gasteiger partial charge in [-0.05, 0) is 66.6 Å². The molecule has 0 radical (unpaired) electrons. The fourth-order valence-electron chi connectivity index (χ4n) is 3.44. The van der Waals surface area contributed by atoms with Crippen LogP contribution in [0, 0.1) is 12.7 Å². The van der Waals surface area contributed by atoms with E-state index in [1.54, 1.807) is 25.5 Å². The Kier molecular flexibility index (Phi) is 5.52. The minimum absolute atomic E-state index is 0.0130. The fraction of sp³-hybridized carbons (Fsp3) is 0.217. The second-order valence-corrected chi connectivity index (χ2v) is 7.06. The van der Waals surface area contributed by atoms with E-state index in [9.17, 15) is 9.18 Å². The first-order valence-electron chi connectivity index (χ1n) is 9.62. The number of hydrazone groups is 1. The van der Waals surface area contributed by atoms with Crippen molar-refractivity contribution < 1.29 is 18.3 Å². The number of hydrogen-bond donors (Lipinski definition) is 1. The highest BCUT2D eigenvalue weighted by molar-refractivity contribution is 6.03. The standard InChI is InChI=1S/C23H22FN3O3/c1-15-5-8-17(24)12-19(15)25-14-23(28)27-21(22-4-3-11-30-22)13-20(26-27)16-6-9-18(29-2)10-7-16/h3-12,21,25H,13-14H2,1-2H3/t21-/m0/s1. The molecule has 0 fully saturated rings. The number of nitrogens with zero attached hydrogens (tertiary/aromatic N) is 2. The molecule has 30 heavy (non-hydrogen) atoms. The molecule has 0 spiro atoms. The number of carbonyl (C=O) groups excluding carboxylic acids is 1. The summed E-state index contributed by atoms with van der Waals surface area (Å²) in [7, 11) is 1.61. The maximum absolute atomic E-state index is 13.5. The molecule has 1 atom stereocenters. The van der Waals surface area contributed by atoms with Gasteiger partial charge in [-0.2, -0.15) is 5.10 Å². The third kappa shape index (κ3) is 4.05. The molecule has 7 heteroatoms. The molecule has 3 aromatic rings. The van der Waals surface area contributed by atoms with Gasteiger partial charge < -0.3 is 14.5 Å². The Bertz CT molecular complexity index is 1060. The van der Waals surface area contributed by atoms with Gasteiger partial charge in [0.2, 0.25) is 0 Å². The fourth-order valence-corrected chi connectivity index (χ4v) is 3.44. The van der Waals surface area contributed by atoms with Gasteiger partial charge in [0, 0.05) is 12.1 Å². The van der Waals surface area contributed by atoms with Gasteiger partial charge in [-0.3, -0.25) is 4.79 Å². The van der Waals surface area contributed by atoms with E-state index >= 15 is 0 Å². The van der Waals surface area contributed by atoms with Crippen LogP contribution in [0.5, 0.6) is 5.75 Å². The Labute approximate surface area is 174 Å². The highest BCUT2D eigenvalue weighted by Crippen LogP contribution is 2.33. The monoisotopic (exact) mass is 407 g/mol. The highest BCUT2D eigenvalue weighted by Gasteiger charge is 2.34. The maximum Gasteiger partial charge on any atom is 0.262 e. The SMILES string of the molecule is COc1ccc(C2=NN(C(=O)CNc3cc(F)ccc3C)[C@H](c3ccco3)C2)cc1. The predicted octanol–water partition coefficient (Wildman–Crippen LogP) is 4.53. The number of halogens is 1. The van der Waals surface area contributed by atoms with E-state index in [2.05, 4.69) is 10.4 Å². The molecule has 2 aromatic carbocycles. The summed E-state index contributed by atoms with van der Waals surface area (Å²) >= 11 is 0. The first-order valence-corrected chi connectivity index (χ1v) is 9.62. The maximum atomic E-state index is 13.5. The van der Waals surface area contributed by atoms with E-state index < -0.39 is 0 Å². The molecule has 154 valence electrons. The number of ether oxygens (including phenoxy) is 1. The third-order valence-corrected chi connectivity index (χ3v) is 5.09. The molecule has 1 aromatic heterocycles. The quantitative estimate of drug-likeness (QED) is 0.652. The number of anilines is 1.